The summed E-state index contributed by atoms with van der Waals surface area (Å²) in [5.74, 6) is 0.419. The van der Waals surface area contributed by atoms with Crippen LogP contribution in [-0.4, -0.2) is 47.6 Å². The van der Waals surface area contributed by atoms with Crippen molar-refractivity contribution in [2.45, 2.75) is 85.2 Å². The van der Waals surface area contributed by atoms with Crippen LogP contribution in [0.1, 0.15) is 61.0 Å². The van der Waals surface area contributed by atoms with Crippen LogP contribution in [-0.2, 0) is 14.0 Å². The Labute approximate surface area is 167 Å². The molecule has 1 amide bonds. The highest BCUT2D eigenvalue weighted by molar-refractivity contribution is 6.62. The molecule has 3 heterocycles. The first kappa shape index (κ1) is 20.9. The smallest absolute Gasteiger partial charge is 0.471 e. The molecule has 1 saturated heterocycles. The van der Waals surface area contributed by atoms with Gasteiger partial charge in [0.25, 0.3) is 0 Å². The summed E-state index contributed by atoms with van der Waals surface area (Å²) in [6.45, 7) is 17.8. The van der Waals surface area contributed by atoms with Gasteiger partial charge < -0.3 is 18.8 Å². The van der Waals surface area contributed by atoms with Crippen molar-refractivity contribution in [2.24, 2.45) is 0 Å². The Morgan fingerprint density at radius 2 is 1.82 bits per heavy atom. The fourth-order valence-electron chi connectivity index (χ4n) is 3.25. The maximum atomic E-state index is 12.9. The molecule has 0 saturated carbocycles. The molecule has 1 aromatic rings. The Hall–Kier alpha value is -1.80. The van der Waals surface area contributed by atoms with Crippen molar-refractivity contribution in [1.82, 2.24) is 4.98 Å². The number of aromatic nitrogens is 1. The van der Waals surface area contributed by atoms with Gasteiger partial charge in [0.2, 0.25) is 5.88 Å². The predicted octanol–water partition coefficient (Wildman–Crippen LogP) is 3.21. The Bertz CT molecular complexity index is 772. The Balaban J connectivity index is 2.01. The number of anilines is 1. The molecular formula is C20H31BN2O5. The Morgan fingerprint density at radius 3 is 2.36 bits per heavy atom. The van der Waals surface area contributed by atoms with Crippen LogP contribution in [0.15, 0.2) is 6.20 Å². The third-order valence-electron chi connectivity index (χ3n) is 5.46. The molecular weight excluding hydrogens is 359 g/mol. The number of rotatable bonds is 1. The lowest BCUT2D eigenvalue weighted by Crippen LogP contribution is -2.47. The SMILES string of the molecule is Cc1c(B2OC(C)(C)C(C)(C)O2)cnc2c1N(C(=O)OC(C)(C)C)CC(C)O2. The summed E-state index contributed by atoms with van der Waals surface area (Å²) in [7, 11) is -0.567. The number of nitrogens with zero attached hydrogens (tertiary/aromatic N) is 2. The van der Waals surface area contributed by atoms with Crippen LogP contribution in [0.2, 0.25) is 0 Å². The van der Waals surface area contributed by atoms with Crippen molar-refractivity contribution in [1.29, 1.82) is 0 Å². The van der Waals surface area contributed by atoms with Crippen molar-refractivity contribution < 1.29 is 23.6 Å². The number of carbonyl (C=O) groups excluding carboxylic acids is 1. The van der Waals surface area contributed by atoms with E-state index in [1.54, 1.807) is 11.1 Å². The van der Waals surface area contributed by atoms with Crippen LogP contribution in [0.4, 0.5) is 10.5 Å². The quantitative estimate of drug-likeness (QED) is 0.686. The third kappa shape index (κ3) is 3.72. The van der Waals surface area contributed by atoms with Crippen molar-refractivity contribution in [3.63, 3.8) is 0 Å². The first-order valence-electron chi connectivity index (χ1n) is 9.74. The highest BCUT2D eigenvalue weighted by Crippen LogP contribution is 2.39. The summed E-state index contributed by atoms with van der Waals surface area (Å²) in [5.41, 5.74) is 0.708. The number of amides is 1. The second kappa shape index (κ2) is 6.63. The van der Waals surface area contributed by atoms with Crippen LogP contribution in [0.5, 0.6) is 5.88 Å². The van der Waals surface area contributed by atoms with E-state index in [2.05, 4.69) is 4.98 Å². The summed E-state index contributed by atoms with van der Waals surface area (Å²) >= 11 is 0. The van der Waals surface area contributed by atoms with Gasteiger partial charge in [-0.3, -0.25) is 4.90 Å². The standard InChI is InChI=1S/C20H31BN2O5/c1-12-11-23(17(24)26-18(3,4)5)15-13(2)14(10-22-16(15)25-12)21-27-19(6,7)20(8,9)28-21/h10,12H,11H2,1-9H3. The summed E-state index contributed by atoms with van der Waals surface area (Å²) in [5, 5.41) is 0. The average molecular weight is 390 g/mol. The molecule has 0 bridgehead atoms. The van der Waals surface area contributed by atoms with E-state index >= 15 is 0 Å². The van der Waals surface area contributed by atoms with Gasteiger partial charge in [0.1, 0.15) is 17.4 Å². The maximum Gasteiger partial charge on any atom is 0.496 e. The minimum atomic E-state index is -0.594. The minimum absolute atomic E-state index is 0.186. The van der Waals surface area contributed by atoms with Crippen LogP contribution in [0.3, 0.4) is 0 Å². The molecule has 1 aromatic heterocycles. The lowest BCUT2D eigenvalue weighted by atomic mass is 9.77. The molecule has 1 atom stereocenters. The minimum Gasteiger partial charge on any atom is -0.471 e. The van der Waals surface area contributed by atoms with E-state index in [1.807, 2.05) is 62.3 Å². The van der Waals surface area contributed by atoms with Crippen LogP contribution in [0, 0.1) is 6.92 Å². The molecule has 7 nitrogen and oxygen atoms in total. The molecule has 28 heavy (non-hydrogen) atoms. The summed E-state index contributed by atoms with van der Waals surface area (Å²) in [4.78, 5) is 18.9. The van der Waals surface area contributed by atoms with Crippen molar-refractivity contribution in [2.75, 3.05) is 11.4 Å². The van der Waals surface area contributed by atoms with Gasteiger partial charge >= 0.3 is 13.2 Å². The maximum absolute atomic E-state index is 12.9. The number of ether oxygens (including phenoxy) is 2. The van der Waals surface area contributed by atoms with E-state index in [-0.39, 0.29) is 6.10 Å². The van der Waals surface area contributed by atoms with Gasteiger partial charge in [-0.1, -0.05) is 0 Å². The zero-order valence-electron chi connectivity index (χ0n) is 18.4. The molecule has 2 aliphatic rings. The molecule has 0 aromatic carbocycles. The highest BCUT2D eigenvalue weighted by atomic mass is 16.7. The largest absolute Gasteiger partial charge is 0.496 e. The first-order chi connectivity index (χ1) is 12.7. The van der Waals surface area contributed by atoms with E-state index in [0.717, 1.165) is 11.0 Å². The average Bonchev–Trinajstić information content (AvgIpc) is 2.72. The number of fused-ring (bicyclic) bond motifs is 1. The van der Waals surface area contributed by atoms with Gasteiger partial charge in [-0.25, -0.2) is 9.78 Å². The fourth-order valence-corrected chi connectivity index (χ4v) is 3.25. The van der Waals surface area contributed by atoms with Gasteiger partial charge in [-0.05, 0) is 67.9 Å². The summed E-state index contributed by atoms with van der Waals surface area (Å²) < 4.78 is 23.9. The van der Waals surface area contributed by atoms with Crippen molar-refractivity contribution >= 4 is 24.4 Å². The van der Waals surface area contributed by atoms with Gasteiger partial charge in [0.15, 0.2) is 0 Å². The van der Waals surface area contributed by atoms with Gasteiger partial charge in [0.05, 0.1) is 17.7 Å². The van der Waals surface area contributed by atoms with Crippen LogP contribution < -0.4 is 15.1 Å². The van der Waals surface area contributed by atoms with E-state index in [4.69, 9.17) is 18.8 Å². The highest BCUT2D eigenvalue weighted by Gasteiger charge is 2.52. The number of hydrogen-bond acceptors (Lipinski definition) is 6. The van der Waals surface area contributed by atoms with E-state index < -0.39 is 30.0 Å². The first-order valence-corrected chi connectivity index (χ1v) is 9.74. The monoisotopic (exact) mass is 390 g/mol. The Kier molecular flexibility index (Phi) is 4.95. The molecule has 8 heteroatoms. The van der Waals surface area contributed by atoms with Crippen molar-refractivity contribution in [3.05, 3.63) is 11.8 Å². The summed E-state index contributed by atoms with van der Waals surface area (Å²) in [6, 6.07) is 0. The fraction of sp³-hybridized carbons (Fsp3) is 0.700. The molecule has 0 N–H and O–H groups in total. The molecule has 0 spiro atoms. The van der Waals surface area contributed by atoms with E-state index in [9.17, 15) is 4.79 Å². The topological polar surface area (TPSA) is 70.1 Å². The van der Waals surface area contributed by atoms with Crippen LogP contribution in [0.25, 0.3) is 0 Å². The second-order valence-corrected chi connectivity index (χ2v) is 9.60. The molecule has 2 aliphatic heterocycles. The van der Waals surface area contributed by atoms with Gasteiger partial charge in [0, 0.05) is 11.7 Å². The molecule has 1 fully saturated rings. The zero-order valence-corrected chi connectivity index (χ0v) is 18.4. The predicted molar refractivity (Wildman–Crippen MR) is 108 cm³/mol. The van der Waals surface area contributed by atoms with Gasteiger partial charge in [-0.2, -0.15) is 0 Å². The van der Waals surface area contributed by atoms with Crippen LogP contribution >= 0.6 is 0 Å². The number of pyridine rings is 1. The number of hydrogen-bond donors (Lipinski definition) is 0. The molecule has 3 rings (SSSR count). The molecule has 0 radical (unpaired) electrons. The second-order valence-electron chi connectivity index (χ2n) is 9.60. The van der Waals surface area contributed by atoms with Gasteiger partial charge in [-0.15, -0.1) is 0 Å². The normalized spacial score (nSPS) is 23.2. The summed E-state index contributed by atoms with van der Waals surface area (Å²) in [6.07, 6.45) is 1.11. The number of carbonyl (C=O) groups is 1. The lowest BCUT2D eigenvalue weighted by Gasteiger charge is -2.35. The molecule has 154 valence electrons. The zero-order chi connectivity index (χ0) is 21.1. The Morgan fingerprint density at radius 1 is 1.25 bits per heavy atom. The van der Waals surface area contributed by atoms with E-state index in [0.29, 0.717) is 18.1 Å². The third-order valence-corrected chi connectivity index (χ3v) is 5.46. The lowest BCUT2D eigenvalue weighted by molar-refractivity contribution is 0.00578. The molecule has 1 unspecified atom stereocenters. The van der Waals surface area contributed by atoms with Crippen molar-refractivity contribution in [3.8, 4) is 5.88 Å². The van der Waals surface area contributed by atoms with E-state index in [1.165, 1.54) is 0 Å². The molecule has 0 aliphatic carbocycles.